The number of hydrogen-bond acceptors (Lipinski definition) is 1. The summed E-state index contributed by atoms with van der Waals surface area (Å²) in [5, 5.41) is 10.6. The first-order valence-corrected chi connectivity index (χ1v) is 4.20. The maximum absolute atomic E-state index is 10.6. The molecule has 1 rings (SSSR count). The molecule has 0 fully saturated rings. The summed E-state index contributed by atoms with van der Waals surface area (Å²) in [6, 6.07) is 5.89. The summed E-state index contributed by atoms with van der Waals surface area (Å²) in [5.41, 5.74) is 8.59. The van der Waals surface area contributed by atoms with Crippen LogP contribution in [0, 0.1) is 0 Å². The molecule has 1 aromatic rings. The van der Waals surface area contributed by atoms with Gasteiger partial charge in [0.15, 0.2) is 0 Å². The van der Waals surface area contributed by atoms with Crippen LogP contribution in [0.1, 0.15) is 23.6 Å². The van der Waals surface area contributed by atoms with Gasteiger partial charge >= 0.3 is 0 Å². The van der Waals surface area contributed by atoms with Crippen molar-refractivity contribution in [3.05, 3.63) is 34.9 Å². The van der Waals surface area contributed by atoms with Crippen molar-refractivity contribution >= 4 is 0 Å². The van der Waals surface area contributed by atoms with Gasteiger partial charge < -0.3 is 5.73 Å². The van der Waals surface area contributed by atoms with Crippen LogP contribution in [0.3, 0.4) is 0 Å². The maximum atomic E-state index is 10.6. The lowest BCUT2D eigenvalue weighted by Crippen LogP contribution is -1.99. The smallest absolute Gasteiger partial charge is 0.107 e. The first-order chi connectivity index (χ1) is 5.80. The fourth-order valence-corrected chi connectivity index (χ4v) is 1.24. The lowest BCUT2D eigenvalue weighted by atomic mass is 10.0. The van der Waals surface area contributed by atoms with Gasteiger partial charge in [0.05, 0.1) is 0 Å². The number of rotatable bonds is 3. The molecule has 12 heavy (non-hydrogen) atoms. The Balaban J connectivity index is 3.01. The number of aryl methyl sites for hydroxylation is 1. The molecule has 1 aromatic carbocycles. The second-order valence-electron chi connectivity index (χ2n) is 2.86. The van der Waals surface area contributed by atoms with Crippen molar-refractivity contribution in [2.24, 2.45) is 5.73 Å². The van der Waals surface area contributed by atoms with Gasteiger partial charge in [0.1, 0.15) is 6.61 Å². The third-order valence-electron chi connectivity index (χ3n) is 1.92. The van der Waals surface area contributed by atoms with Crippen molar-refractivity contribution in [3.63, 3.8) is 0 Å². The Morgan fingerprint density at radius 3 is 2.25 bits per heavy atom. The van der Waals surface area contributed by atoms with Crippen LogP contribution < -0.4 is 5.73 Å². The van der Waals surface area contributed by atoms with E-state index < -0.39 is 0 Å². The van der Waals surface area contributed by atoms with E-state index in [1.54, 1.807) is 0 Å². The van der Waals surface area contributed by atoms with Gasteiger partial charge in [-0.25, -0.2) is 5.11 Å². The van der Waals surface area contributed by atoms with Crippen molar-refractivity contribution < 1.29 is 5.11 Å². The molecule has 0 aromatic heterocycles. The molecule has 0 saturated carbocycles. The molecule has 2 N–H and O–H groups in total. The fourth-order valence-electron chi connectivity index (χ4n) is 1.24. The Hall–Kier alpha value is -0.860. The van der Waals surface area contributed by atoms with E-state index in [2.05, 4.69) is 13.0 Å². The molecule has 0 atom stereocenters. The van der Waals surface area contributed by atoms with Gasteiger partial charge in [0.25, 0.3) is 0 Å². The van der Waals surface area contributed by atoms with Crippen LogP contribution in [0.5, 0.6) is 0 Å². The highest BCUT2D eigenvalue weighted by Gasteiger charge is 1.97. The minimum atomic E-state index is -0.152. The van der Waals surface area contributed by atoms with Crippen molar-refractivity contribution in [3.8, 4) is 0 Å². The molecule has 0 aliphatic rings. The zero-order valence-electron chi connectivity index (χ0n) is 7.34. The Morgan fingerprint density at radius 2 is 1.75 bits per heavy atom. The van der Waals surface area contributed by atoms with Crippen LogP contribution in [0.15, 0.2) is 18.2 Å². The molecule has 1 radical (unpaired) electrons. The molecule has 0 unspecified atom stereocenters. The van der Waals surface area contributed by atoms with E-state index in [1.807, 2.05) is 12.1 Å². The van der Waals surface area contributed by atoms with E-state index in [1.165, 1.54) is 5.56 Å². The quantitative estimate of drug-likeness (QED) is 0.725. The van der Waals surface area contributed by atoms with E-state index in [-0.39, 0.29) is 6.61 Å². The normalized spacial score (nSPS) is 10.2. The third-order valence-corrected chi connectivity index (χ3v) is 1.92. The van der Waals surface area contributed by atoms with E-state index in [4.69, 9.17) is 5.73 Å². The minimum Gasteiger partial charge on any atom is -0.326 e. The summed E-state index contributed by atoms with van der Waals surface area (Å²) in [5.74, 6) is 0. The Labute approximate surface area is 73.0 Å². The molecule has 0 aliphatic carbocycles. The second-order valence-corrected chi connectivity index (χ2v) is 2.86. The van der Waals surface area contributed by atoms with Gasteiger partial charge in [-0.1, -0.05) is 25.1 Å². The zero-order valence-corrected chi connectivity index (χ0v) is 7.34. The first kappa shape index (κ1) is 9.23. The lowest BCUT2D eigenvalue weighted by molar-refractivity contribution is 0.177. The standard InChI is InChI=1S/C10H14NO/c1-2-8-3-9(6-11)5-10(4-8)7-12/h3-5H,2,6-7,11H2,1H3. The Bertz CT molecular complexity index is 203. The lowest BCUT2D eigenvalue weighted by Gasteiger charge is -2.04. The first-order valence-electron chi connectivity index (χ1n) is 4.20. The molecule has 2 heteroatoms. The highest BCUT2D eigenvalue weighted by Crippen LogP contribution is 2.10. The number of hydrogen-bond donors (Lipinski definition) is 1. The van der Waals surface area contributed by atoms with Gasteiger partial charge in [0.2, 0.25) is 0 Å². The predicted molar refractivity (Wildman–Crippen MR) is 48.1 cm³/mol. The molecule has 0 bridgehead atoms. The average molecular weight is 164 g/mol. The SMILES string of the molecule is CCc1cc(CN)cc(C[O])c1. The van der Waals surface area contributed by atoms with Crippen molar-refractivity contribution in [1.29, 1.82) is 0 Å². The summed E-state index contributed by atoms with van der Waals surface area (Å²) in [4.78, 5) is 0. The molecule has 65 valence electrons. The molecule has 0 heterocycles. The topological polar surface area (TPSA) is 45.9 Å². The molecule has 0 saturated heterocycles. The molecular weight excluding hydrogens is 150 g/mol. The highest BCUT2D eigenvalue weighted by atomic mass is 16.3. The highest BCUT2D eigenvalue weighted by molar-refractivity contribution is 5.29. The van der Waals surface area contributed by atoms with Crippen LogP contribution in [-0.2, 0) is 24.7 Å². The van der Waals surface area contributed by atoms with Crippen LogP contribution in [-0.4, -0.2) is 0 Å². The molecule has 0 amide bonds. The van der Waals surface area contributed by atoms with E-state index >= 15 is 0 Å². The van der Waals surface area contributed by atoms with Gasteiger partial charge in [0, 0.05) is 6.54 Å². The minimum absolute atomic E-state index is 0.152. The van der Waals surface area contributed by atoms with E-state index in [9.17, 15) is 5.11 Å². The van der Waals surface area contributed by atoms with Crippen LogP contribution >= 0.6 is 0 Å². The zero-order chi connectivity index (χ0) is 8.97. The van der Waals surface area contributed by atoms with Gasteiger partial charge in [-0.15, -0.1) is 0 Å². The summed E-state index contributed by atoms with van der Waals surface area (Å²) < 4.78 is 0. The Kier molecular flexibility index (Phi) is 3.26. The molecular formula is C10H14NO. The second kappa shape index (κ2) is 4.24. The molecule has 0 spiro atoms. The average Bonchev–Trinajstić information content (AvgIpc) is 2.16. The van der Waals surface area contributed by atoms with Gasteiger partial charge in [-0.3, -0.25) is 0 Å². The van der Waals surface area contributed by atoms with Crippen molar-refractivity contribution in [1.82, 2.24) is 0 Å². The summed E-state index contributed by atoms with van der Waals surface area (Å²) in [6.07, 6.45) is 0.959. The van der Waals surface area contributed by atoms with E-state index in [0.717, 1.165) is 17.5 Å². The predicted octanol–water partition coefficient (Wildman–Crippen LogP) is 1.64. The largest absolute Gasteiger partial charge is 0.326 e. The third kappa shape index (κ3) is 2.06. The number of benzene rings is 1. The molecule has 2 nitrogen and oxygen atoms in total. The number of nitrogens with two attached hydrogens (primary N) is 1. The van der Waals surface area contributed by atoms with Crippen LogP contribution in [0.4, 0.5) is 0 Å². The van der Waals surface area contributed by atoms with Crippen LogP contribution in [0.2, 0.25) is 0 Å². The van der Waals surface area contributed by atoms with E-state index in [0.29, 0.717) is 6.54 Å². The Morgan fingerprint density at radius 1 is 1.17 bits per heavy atom. The van der Waals surface area contributed by atoms with Crippen molar-refractivity contribution in [2.75, 3.05) is 0 Å². The summed E-state index contributed by atoms with van der Waals surface area (Å²) in [7, 11) is 0. The molecule has 0 aliphatic heterocycles. The van der Waals surface area contributed by atoms with Crippen LogP contribution in [0.25, 0.3) is 0 Å². The van der Waals surface area contributed by atoms with Gasteiger partial charge in [-0.05, 0) is 23.1 Å². The van der Waals surface area contributed by atoms with Gasteiger partial charge in [-0.2, -0.15) is 0 Å². The fraction of sp³-hybridized carbons (Fsp3) is 0.400. The monoisotopic (exact) mass is 164 g/mol. The maximum Gasteiger partial charge on any atom is 0.107 e. The van der Waals surface area contributed by atoms with Crippen molar-refractivity contribution in [2.45, 2.75) is 26.5 Å². The summed E-state index contributed by atoms with van der Waals surface area (Å²) >= 11 is 0. The summed E-state index contributed by atoms with van der Waals surface area (Å²) in [6.45, 7) is 2.44.